The lowest BCUT2D eigenvalue weighted by Crippen LogP contribution is -2.45. The quantitative estimate of drug-likeness (QED) is 0.416. The minimum absolute atomic E-state index is 0.0611. The summed E-state index contributed by atoms with van der Waals surface area (Å²) in [7, 11) is 0. The van der Waals surface area contributed by atoms with E-state index in [1.54, 1.807) is 15.0 Å². The minimum atomic E-state index is -0.237. The fourth-order valence-electron chi connectivity index (χ4n) is 4.98. The van der Waals surface area contributed by atoms with Crippen molar-refractivity contribution in [2.75, 3.05) is 18.5 Å². The Bertz CT molecular complexity index is 1510. The molecule has 1 amide bonds. The summed E-state index contributed by atoms with van der Waals surface area (Å²) in [4.78, 5) is 36.5. The van der Waals surface area contributed by atoms with Crippen molar-refractivity contribution in [2.24, 2.45) is 0 Å². The number of piperidine rings is 1. The van der Waals surface area contributed by atoms with E-state index in [0.29, 0.717) is 47.3 Å². The molecule has 0 saturated carbocycles. The number of halogens is 1. The lowest BCUT2D eigenvalue weighted by molar-refractivity contribution is 0.153. The number of amides is 1. The summed E-state index contributed by atoms with van der Waals surface area (Å²) in [5.41, 5.74) is 4.72. The second-order valence-corrected chi connectivity index (χ2v) is 10.2. The number of aromatic nitrogens is 4. The highest BCUT2D eigenvalue weighted by molar-refractivity contribution is 7.03. The van der Waals surface area contributed by atoms with Crippen molar-refractivity contribution in [3.05, 3.63) is 68.7 Å². The number of nitrogens with one attached hydrogen (secondary N) is 1. The van der Waals surface area contributed by atoms with E-state index in [1.165, 1.54) is 11.5 Å². The minimum Gasteiger partial charge on any atom is -0.447 e. The molecule has 1 N–H and O–H groups in total. The monoisotopic (exact) mass is 522 g/mol. The molecule has 0 radical (unpaired) electrons. The fourth-order valence-corrected chi connectivity index (χ4v) is 5.55. The number of benzene rings is 2. The third-order valence-electron chi connectivity index (χ3n) is 6.85. The SMILES string of the molecule is Cc1nc2cc(-c3ncsn3)c(N[C@H]3CCN4C(=O)OC[C@@H]4C3)cc2c(=O)n1Cc1ccc(Cl)cc1. The Balaban J connectivity index is 1.39. The summed E-state index contributed by atoms with van der Waals surface area (Å²) in [5.74, 6) is 1.21. The van der Waals surface area contributed by atoms with E-state index in [-0.39, 0.29) is 23.7 Å². The molecule has 0 aliphatic carbocycles. The lowest BCUT2D eigenvalue weighted by atomic mass is 9.97. The van der Waals surface area contributed by atoms with E-state index in [9.17, 15) is 9.59 Å². The molecule has 4 heterocycles. The maximum absolute atomic E-state index is 13.6. The molecule has 11 heteroatoms. The molecular formula is C25H23ClN6O3S. The van der Waals surface area contributed by atoms with Gasteiger partial charge in [0, 0.05) is 28.9 Å². The predicted octanol–water partition coefficient (Wildman–Crippen LogP) is 4.32. The Morgan fingerprint density at radius 2 is 2.06 bits per heavy atom. The van der Waals surface area contributed by atoms with Crippen LogP contribution in [0.15, 0.2) is 46.7 Å². The summed E-state index contributed by atoms with van der Waals surface area (Å²) in [6, 6.07) is 11.4. The first-order valence-corrected chi connectivity index (χ1v) is 12.9. The molecule has 2 aliphatic heterocycles. The van der Waals surface area contributed by atoms with Crippen LogP contribution in [0.5, 0.6) is 0 Å². The Labute approximate surface area is 215 Å². The molecule has 2 fully saturated rings. The van der Waals surface area contributed by atoms with Crippen LogP contribution in [-0.4, -0.2) is 55.1 Å². The zero-order valence-electron chi connectivity index (χ0n) is 19.5. The van der Waals surface area contributed by atoms with Gasteiger partial charge in [-0.1, -0.05) is 23.7 Å². The predicted molar refractivity (Wildman–Crippen MR) is 139 cm³/mol. The Hall–Kier alpha value is -3.50. The molecule has 184 valence electrons. The molecule has 0 unspecified atom stereocenters. The molecular weight excluding hydrogens is 500 g/mol. The molecule has 9 nitrogen and oxygen atoms in total. The number of aryl methyl sites for hydroxylation is 1. The second-order valence-electron chi connectivity index (χ2n) is 9.14. The zero-order valence-corrected chi connectivity index (χ0v) is 21.1. The molecule has 0 spiro atoms. The van der Waals surface area contributed by atoms with Crippen LogP contribution >= 0.6 is 23.1 Å². The number of carbonyl (C=O) groups excluding carboxylic acids is 1. The van der Waals surface area contributed by atoms with Crippen LogP contribution in [0.2, 0.25) is 5.02 Å². The maximum atomic E-state index is 13.6. The molecule has 36 heavy (non-hydrogen) atoms. The molecule has 2 saturated heterocycles. The lowest BCUT2D eigenvalue weighted by Gasteiger charge is -2.33. The van der Waals surface area contributed by atoms with Crippen molar-refractivity contribution >= 4 is 45.8 Å². The summed E-state index contributed by atoms with van der Waals surface area (Å²) >= 11 is 7.30. The van der Waals surface area contributed by atoms with E-state index in [1.807, 2.05) is 43.3 Å². The van der Waals surface area contributed by atoms with Crippen molar-refractivity contribution in [3.8, 4) is 11.4 Å². The van der Waals surface area contributed by atoms with Crippen LogP contribution in [0.3, 0.4) is 0 Å². The van der Waals surface area contributed by atoms with Gasteiger partial charge in [-0.3, -0.25) is 9.36 Å². The van der Waals surface area contributed by atoms with E-state index in [0.717, 1.165) is 29.7 Å². The number of hydrogen-bond donors (Lipinski definition) is 1. The maximum Gasteiger partial charge on any atom is 0.410 e. The number of nitrogens with zero attached hydrogens (tertiary/aromatic N) is 5. The summed E-state index contributed by atoms with van der Waals surface area (Å²) in [6.07, 6.45) is 1.31. The summed E-state index contributed by atoms with van der Waals surface area (Å²) in [5, 5.41) is 4.79. The van der Waals surface area contributed by atoms with Gasteiger partial charge >= 0.3 is 6.09 Å². The first-order chi connectivity index (χ1) is 17.5. The highest BCUT2D eigenvalue weighted by Crippen LogP contribution is 2.33. The molecule has 2 aliphatic rings. The highest BCUT2D eigenvalue weighted by Gasteiger charge is 2.38. The van der Waals surface area contributed by atoms with E-state index in [4.69, 9.17) is 21.3 Å². The van der Waals surface area contributed by atoms with Gasteiger partial charge in [-0.15, -0.1) is 0 Å². The molecule has 2 aromatic heterocycles. The Kier molecular flexibility index (Phi) is 5.85. The number of cyclic esters (lactones) is 1. The topological polar surface area (TPSA) is 102 Å². The number of anilines is 1. The Morgan fingerprint density at radius 1 is 1.22 bits per heavy atom. The van der Waals surface area contributed by atoms with E-state index >= 15 is 0 Å². The zero-order chi connectivity index (χ0) is 24.8. The largest absolute Gasteiger partial charge is 0.447 e. The van der Waals surface area contributed by atoms with Gasteiger partial charge in [0.05, 0.1) is 23.5 Å². The second kappa shape index (κ2) is 9.18. The van der Waals surface area contributed by atoms with E-state index in [2.05, 4.69) is 14.7 Å². The summed E-state index contributed by atoms with van der Waals surface area (Å²) < 4.78 is 11.3. The molecule has 2 aromatic carbocycles. The average Bonchev–Trinajstić information content (AvgIpc) is 3.53. The van der Waals surface area contributed by atoms with Crippen molar-refractivity contribution < 1.29 is 9.53 Å². The van der Waals surface area contributed by atoms with E-state index < -0.39 is 0 Å². The molecule has 6 rings (SSSR count). The van der Waals surface area contributed by atoms with Crippen LogP contribution < -0.4 is 10.9 Å². The average molecular weight is 523 g/mol. The summed E-state index contributed by atoms with van der Waals surface area (Å²) in [6.45, 7) is 3.28. The van der Waals surface area contributed by atoms with Crippen LogP contribution in [0.25, 0.3) is 22.3 Å². The molecule has 0 bridgehead atoms. The first-order valence-electron chi connectivity index (χ1n) is 11.7. The van der Waals surface area contributed by atoms with Crippen molar-refractivity contribution in [2.45, 2.75) is 38.4 Å². The van der Waals surface area contributed by atoms with Crippen LogP contribution in [0, 0.1) is 6.92 Å². The van der Waals surface area contributed by atoms with Gasteiger partial charge in [0.1, 0.15) is 17.9 Å². The van der Waals surface area contributed by atoms with Crippen molar-refractivity contribution in [3.63, 3.8) is 0 Å². The van der Waals surface area contributed by atoms with Crippen LogP contribution in [-0.2, 0) is 11.3 Å². The molecule has 2 atom stereocenters. The molecule has 4 aromatic rings. The third-order valence-corrected chi connectivity index (χ3v) is 7.58. The normalized spacial score (nSPS) is 19.4. The number of ether oxygens (including phenoxy) is 1. The Morgan fingerprint density at radius 3 is 2.83 bits per heavy atom. The number of hydrogen-bond acceptors (Lipinski definition) is 8. The van der Waals surface area contributed by atoms with Crippen molar-refractivity contribution in [1.82, 2.24) is 23.8 Å². The van der Waals surface area contributed by atoms with Crippen molar-refractivity contribution in [1.29, 1.82) is 0 Å². The first kappa shape index (κ1) is 22.9. The van der Waals surface area contributed by atoms with Gasteiger partial charge < -0.3 is 15.0 Å². The number of fused-ring (bicyclic) bond motifs is 2. The standard InChI is InChI=1S/C25H23ClN6O3S/c1-14-28-22-9-19(23-27-13-36-30-23)21(29-17-6-7-31-18(8-17)12-35-25(31)34)10-20(22)24(33)32(14)11-15-2-4-16(26)5-3-15/h2-5,9-10,13,17-18,29H,6-8,11-12H2,1H3/t17-,18-/m0/s1. The van der Waals surface area contributed by atoms with Gasteiger partial charge in [0.25, 0.3) is 5.56 Å². The van der Waals surface area contributed by atoms with Crippen LogP contribution in [0.4, 0.5) is 10.5 Å². The number of carbonyl (C=O) groups is 1. The fraction of sp³-hybridized carbons (Fsp3) is 0.320. The van der Waals surface area contributed by atoms with Gasteiger partial charge in [0.15, 0.2) is 5.82 Å². The highest BCUT2D eigenvalue weighted by atomic mass is 35.5. The van der Waals surface area contributed by atoms with Gasteiger partial charge in [0.2, 0.25) is 0 Å². The van der Waals surface area contributed by atoms with Gasteiger partial charge in [-0.05, 0) is 61.1 Å². The van der Waals surface area contributed by atoms with Crippen LogP contribution in [0.1, 0.15) is 24.2 Å². The number of rotatable bonds is 5. The van der Waals surface area contributed by atoms with Gasteiger partial charge in [-0.2, -0.15) is 4.37 Å². The smallest absolute Gasteiger partial charge is 0.410 e. The third kappa shape index (κ3) is 4.20. The van der Waals surface area contributed by atoms with Gasteiger partial charge in [-0.25, -0.2) is 14.8 Å².